The van der Waals surface area contributed by atoms with E-state index in [2.05, 4.69) is 6.92 Å². The molecule has 1 aliphatic heterocycles. The van der Waals surface area contributed by atoms with Gasteiger partial charge in [0, 0.05) is 8.80 Å². The third-order valence-corrected chi connectivity index (χ3v) is 11.5. The number of rotatable bonds is 8. The molecule has 3 heteroatoms. The molecule has 0 atom stereocenters. The number of hydrogen-bond acceptors (Lipinski definition) is 0. The van der Waals surface area contributed by atoms with Gasteiger partial charge in [-0.15, -0.1) is 0 Å². The van der Waals surface area contributed by atoms with Gasteiger partial charge in [-0.1, -0.05) is 87.7 Å². The summed E-state index contributed by atoms with van der Waals surface area (Å²) in [6.45, 7) is 2.37. The number of hydrogen-bond donors (Lipinski definition) is 0. The van der Waals surface area contributed by atoms with Crippen molar-refractivity contribution in [3.63, 3.8) is 0 Å². The van der Waals surface area contributed by atoms with Gasteiger partial charge < -0.3 is 0 Å². The Kier molecular flexibility index (Phi) is 8.71. The van der Waals surface area contributed by atoms with Crippen molar-refractivity contribution in [3.05, 3.63) is 34.6 Å². The van der Waals surface area contributed by atoms with Gasteiger partial charge in [0.1, 0.15) is 5.82 Å². The molecule has 0 nitrogen and oxygen atoms in total. The fraction of sp³-hybridized carbons (Fsp3) is 0.750. The van der Waals surface area contributed by atoms with E-state index >= 15 is 0 Å². The van der Waals surface area contributed by atoms with E-state index in [1.165, 1.54) is 51.4 Å². The topological polar surface area (TPSA) is 0 Å². The second-order valence-electron chi connectivity index (χ2n) is 9.34. The minimum atomic E-state index is -0.314. The van der Waals surface area contributed by atoms with Crippen molar-refractivity contribution in [1.82, 2.24) is 0 Å². The first-order chi connectivity index (χ1) is 13.2. The molecule has 2 fully saturated rings. The van der Waals surface area contributed by atoms with Crippen molar-refractivity contribution in [2.45, 2.75) is 95.7 Å². The van der Waals surface area contributed by atoms with Crippen LogP contribution >= 0.6 is 11.6 Å². The summed E-state index contributed by atoms with van der Waals surface area (Å²) in [5.74, 6) is 2.80. The van der Waals surface area contributed by atoms with Gasteiger partial charge in [-0.25, -0.2) is 4.39 Å². The van der Waals surface area contributed by atoms with E-state index in [1.807, 2.05) is 6.07 Å². The van der Waals surface area contributed by atoms with E-state index in [0.717, 1.165) is 29.7 Å². The Labute approximate surface area is 172 Å². The monoisotopic (exact) mass is 408 g/mol. The Morgan fingerprint density at radius 2 is 1.70 bits per heavy atom. The third-order valence-electron chi connectivity index (χ3n) is 7.46. The van der Waals surface area contributed by atoms with Crippen LogP contribution in [0.4, 0.5) is 4.39 Å². The van der Waals surface area contributed by atoms with Crippen LogP contribution in [-0.2, 0) is 6.42 Å². The van der Waals surface area contributed by atoms with Gasteiger partial charge in [-0.3, -0.25) is 0 Å². The van der Waals surface area contributed by atoms with E-state index in [4.69, 9.17) is 11.6 Å². The minimum absolute atomic E-state index is 0.233. The van der Waals surface area contributed by atoms with Crippen molar-refractivity contribution in [2.24, 2.45) is 17.8 Å². The molecule has 1 aliphatic carbocycles. The molecule has 0 radical (unpaired) electrons. The molecular formula is C24H38ClFSi. The minimum Gasteiger partial charge on any atom is -0.205 e. The van der Waals surface area contributed by atoms with E-state index in [9.17, 15) is 4.39 Å². The molecule has 0 N–H and O–H groups in total. The summed E-state index contributed by atoms with van der Waals surface area (Å²) >= 11 is 5.76. The van der Waals surface area contributed by atoms with Crippen LogP contribution in [0.25, 0.3) is 0 Å². The molecule has 152 valence electrons. The van der Waals surface area contributed by atoms with Crippen LogP contribution in [0.3, 0.4) is 0 Å². The van der Waals surface area contributed by atoms with Crippen LogP contribution in [0.15, 0.2) is 18.2 Å². The first-order valence-electron chi connectivity index (χ1n) is 11.6. The van der Waals surface area contributed by atoms with Crippen LogP contribution in [0.2, 0.25) is 23.2 Å². The maximum Gasteiger partial charge on any atom is 0.142 e. The van der Waals surface area contributed by atoms with E-state index in [-0.39, 0.29) is 19.6 Å². The third kappa shape index (κ3) is 6.60. The SMILES string of the molecule is CCC[Si@H]1CC[C@H]([C@H]2CC[C@H](CCCCc3ccc(Cl)c(F)c3)CC2)CC1. The second-order valence-corrected chi connectivity index (χ2v) is 13.2. The van der Waals surface area contributed by atoms with Crippen molar-refractivity contribution in [1.29, 1.82) is 0 Å². The molecular weight excluding hydrogens is 371 g/mol. The molecule has 1 aromatic rings. The van der Waals surface area contributed by atoms with Crippen LogP contribution in [0, 0.1) is 23.6 Å². The number of halogens is 2. The lowest BCUT2D eigenvalue weighted by molar-refractivity contribution is 0.184. The van der Waals surface area contributed by atoms with Gasteiger partial charge in [0.15, 0.2) is 0 Å². The zero-order valence-electron chi connectivity index (χ0n) is 17.2. The smallest absolute Gasteiger partial charge is 0.142 e. The Morgan fingerprint density at radius 3 is 2.37 bits per heavy atom. The fourth-order valence-electron chi connectivity index (χ4n) is 5.76. The molecule has 0 bridgehead atoms. The highest BCUT2D eigenvalue weighted by Crippen LogP contribution is 2.42. The number of benzene rings is 1. The summed E-state index contributed by atoms with van der Waals surface area (Å²) in [5.41, 5.74) is 1.09. The lowest BCUT2D eigenvalue weighted by Crippen LogP contribution is -2.28. The molecule has 0 spiro atoms. The van der Waals surface area contributed by atoms with Gasteiger partial charge in [0.2, 0.25) is 0 Å². The molecule has 2 aliphatic rings. The van der Waals surface area contributed by atoms with E-state index in [1.54, 1.807) is 43.1 Å². The summed E-state index contributed by atoms with van der Waals surface area (Å²) in [6, 6.07) is 10.1. The number of unbranched alkanes of at least 4 members (excludes halogenated alkanes) is 1. The largest absolute Gasteiger partial charge is 0.205 e. The van der Waals surface area contributed by atoms with Crippen LogP contribution in [-0.4, -0.2) is 8.80 Å². The maximum atomic E-state index is 13.5. The Morgan fingerprint density at radius 1 is 1.00 bits per heavy atom. The normalized spacial score (nSPS) is 29.0. The molecule has 0 unspecified atom stereocenters. The highest BCUT2D eigenvalue weighted by molar-refractivity contribution is 6.58. The maximum absolute atomic E-state index is 13.5. The zero-order valence-corrected chi connectivity index (χ0v) is 19.1. The second kappa shape index (κ2) is 11.0. The average molecular weight is 409 g/mol. The molecule has 1 saturated carbocycles. The molecule has 1 aromatic carbocycles. The van der Waals surface area contributed by atoms with Crippen LogP contribution in [0.1, 0.15) is 76.7 Å². The summed E-state index contributed by atoms with van der Waals surface area (Å²) in [5, 5.41) is 0.233. The first kappa shape index (κ1) is 21.4. The Balaban J connectivity index is 1.29. The van der Waals surface area contributed by atoms with Crippen molar-refractivity contribution >= 4 is 20.4 Å². The number of aryl methyl sites for hydroxylation is 1. The lowest BCUT2D eigenvalue weighted by atomic mass is 9.73. The molecule has 1 heterocycles. The molecule has 3 rings (SSSR count). The van der Waals surface area contributed by atoms with Crippen molar-refractivity contribution < 1.29 is 4.39 Å². The van der Waals surface area contributed by atoms with Gasteiger partial charge in [0.25, 0.3) is 0 Å². The predicted octanol–water partition coefficient (Wildman–Crippen LogP) is 8.05. The van der Waals surface area contributed by atoms with E-state index < -0.39 is 0 Å². The van der Waals surface area contributed by atoms with Gasteiger partial charge in [0.05, 0.1) is 5.02 Å². The standard InChI is InChI=1S/C24H38ClFSi/c1-2-15-27-16-13-22(14-17-27)21-10-7-19(8-11-21)5-3-4-6-20-9-12-23(25)24(26)18-20/h9,12,18-19,21-22,27H,2-8,10-11,13-17H2,1H3/t19-,21-,22-,27-. The summed E-state index contributed by atoms with van der Waals surface area (Å²) < 4.78 is 13.5. The predicted molar refractivity (Wildman–Crippen MR) is 119 cm³/mol. The van der Waals surface area contributed by atoms with E-state index in [0.29, 0.717) is 0 Å². The summed E-state index contributed by atoms with van der Waals surface area (Å²) in [4.78, 5) is 0. The Bertz CT molecular complexity index is 559. The van der Waals surface area contributed by atoms with Gasteiger partial charge in [-0.2, -0.15) is 0 Å². The highest BCUT2D eigenvalue weighted by Gasteiger charge is 2.30. The first-order valence-corrected chi connectivity index (χ1v) is 14.4. The summed E-state index contributed by atoms with van der Waals surface area (Å²) in [7, 11) is -0.314. The quantitative estimate of drug-likeness (QED) is 0.301. The highest BCUT2D eigenvalue weighted by atomic mass is 35.5. The van der Waals surface area contributed by atoms with Gasteiger partial charge in [-0.05, 0) is 61.1 Å². The lowest BCUT2D eigenvalue weighted by Gasteiger charge is -2.37. The van der Waals surface area contributed by atoms with Gasteiger partial charge >= 0.3 is 0 Å². The van der Waals surface area contributed by atoms with Crippen LogP contribution < -0.4 is 0 Å². The molecule has 0 aromatic heterocycles. The Hall–Kier alpha value is -0.343. The average Bonchev–Trinajstić information content (AvgIpc) is 2.69. The molecule has 1 saturated heterocycles. The van der Waals surface area contributed by atoms with Crippen molar-refractivity contribution in [3.8, 4) is 0 Å². The zero-order chi connectivity index (χ0) is 19.1. The molecule has 0 amide bonds. The molecule has 27 heavy (non-hydrogen) atoms. The van der Waals surface area contributed by atoms with Crippen LogP contribution in [0.5, 0.6) is 0 Å². The van der Waals surface area contributed by atoms with Crippen molar-refractivity contribution in [2.75, 3.05) is 0 Å². The fourth-order valence-corrected chi connectivity index (χ4v) is 9.36. The summed E-state index contributed by atoms with van der Waals surface area (Å²) in [6.07, 6.45) is 15.3.